The first-order chi connectivity index (χ1) is 12.7. The van der Waals surface area contributed by atoms with Crippen molar-refractivity contribution in [1.29, 1.82) is 0 Å². The molecule has 0 fully saturated rings. The molecule has 0 aromatic heterocycles. The largest absolute Gasteiger partial charge is 0.496 e. The van der Waals surface area contributed by atoms with E-state index in [4.69, 9.17) is 9.47 Å². The van der Waals surface area contributed by atoms with E-state index in [1.54, 1.807) is 30.3 Å². The lowest BCUT2D eigenvalue weighted by molar-refractivity contribution is -0.123. The number of rotatable bonds is 5. The summed E-state index contributed by atoms with van der Waals surface area (Å²) in [5, 5.41) is 2.17. The third-order valence-electron chi connectivity index (χ3n) is 3.93. The highest BCUT2D eigenvalue weighted by Crippen LogP contribution is 2.22. The van der Waals surface area contributed by atoms with Crippen LogP contribution in [0.1, 0.15) is 47.1 Å². The average molecular weight is 369 g/mol. The van der Waals surface area contributed by atoms with E-state index in [0.717, 1.165) is 5.56 Å². The second-order valence-electron chi connectivity index (χ2n) is 6.98. The van der Waals surface area contributed by atoms with Gasteiger partial charge in [0.25, 0.3) is 11.8 Å². The minimum Gasteiger partial charge on any atom is -0.496 e. The smallest absolute Gasteiger partial charge is 0.338 e. The van der Waals surface area contributed by atoms with E-state index in [9.17, 15) is 14.4 Å². The van der Waals surface area contributed by atoms with Gasteiger partial charge < -0.3 is 9.47 Å². The third-order valence-corrected chi connectivity index (χ3v) is 3.93. The molecule has 0 bridgehead atoms. The molecule has 6 nitrogen and oxygen atoms in total. The van der Waals surface area contributed by atoms with Crippen LogP contribution in [-0.4, -0.2) is 31.5 Å². The van der Waals surface area contributed by atoms with Gasteiger partial charge >= 0.3 is 5.97 Å². The highest BCUT2D eigenvalue weighted by molar-refractivity contribution is 6.07. The van der Waals surface area contributed by atoms with Crippen molar-refractivity contribution in [3.05, 3.63) is 65.2 Å². The first kappa shape index (κ1) is 20.2. The molecule has 0 unspecified atom stereocenters. The minimum atomic E-state index is -0.717. The Bertz CT molecular complexity index is 834. The molecule has 0 atom stereocenters. The van der Waals surface area contributed by atoms with Crippen LogP contribution < -0.4 is 10.1 Å². The van der Waals surface area contributed by atoms with Gasteiger partial charge in [0.1, 0.15) is 5.75 Å². The van der Waals surface area contributed by atoms with Gasteiger partial charge in [-0.1, -0.05) is 45.0 Å². The normalized spacial score (nSPS) is 10.8. The van der Waals surface area contributed by atoms with Crippen molar-refractivity contribution in [1.82, 2.24) is 5.32 Å². The van der Waals surface area contributed by atoms with Crippen molar-refractivity contribution >= 4 is 17.8 Å². The van der Waals surface area contributed by atoms with Gasteiger partial charge in [0.05, 0.1) is 18.2 Å². The molecule has 6 heteroatoms. The van der Waals surface area contributed by atoms with E-state index in [1.807, 2.05) is 12.1 Å². The first-order valence-corrected chi connectivity index (χ1v) is 8.47. The van der Waals surface area contributed by atoms with Crippen LogP contribution in [0.3, 0.4) is 0 Å². The Kier molecular flexibility index (Phi) is 6.34. The van der Waals surface area contributed by atoms with Crippen molar-refractivity contribution < 1.29 is 23.9 Å². The molecule has 0 aliphatic heterocycles. The summed E-state index contributed by atoms with van der Waals surface area (Å²) in [4.78, 5) is 36.1. The summed E-state index contributed by atoms with van der Waals surface area (Å²) in [5.41, 5.74) is 1.62. The fourth-order valence-corrected chi connectivity index (χ4v) is 2.38. The number of hydrogen-bond donors (Lipinski definition) is 1. The maximum Gasteiger partial charge on any atom is 0.338 e. The maximum absolute atomic E-state index is 12.1. The fraction of sp³-hybridized carbons (Fsp3) is 0.286. The van der Waals surface area contributed by atoms with Gasteiger partial charge in [-0.25, -0.2) is 4.79 Å². The maximum atomic E-state index is 12.1. The van der Waals surface area contributed by atoms with E-state index in [0.29, 0.717) is 11.3 Å². The Morgan fingerprint density at radius 2 is 1.59 bits per heavy atom. The number of carbonyl (C=O) groups excluding carboxylic acids is 3. The fourth-order valence-electron chi connectivity index (χ4n) is 2.38. The van der Waals surface area contributed by atoms with Crippen LogP contribution >= 0.6 is 0 Å². The summed E-state index contributed by atoms with van der Waals surface area (Å²) in [6, 6.07) is 13.5. The Labute approximate surface area is 158 Å². The van der Waals surface area contributed by atoms with Crippen LogP contribution in [0.2, 0.25) is 0 Å². The van der Waals surface area contributed by atoms with Crippen molar-refractivity contribution in [2.45, 2.75) is 26.2 Å². The monoisotopic (exact) mass is 369 g/mol. The zero-order chi connectivity index (χ0) is 20.0. The second-order valence-corrected chi connectivity index (χ2v) is 6.98. The first-order valence-electron chi connectivity index (χ1n) is 8.47. The molecule has 27 heavy (non-hydrogen) atoms. The van der Waals surface area contributed by atoms with E-state index in [1.165, 1.54) is 13.2 Å². The predicted molar refractivity (Wildman–Crippen MR) is 101 cm³/mol. The Morgan fingerprint density at radius 3 is 2.19 bits per heavy atom. The number of amides is 2. The number of nitrogens with one attached hydrogen (secondary N) is 1. The van der Waals surface area contributed by atoms with Crippen LogP contribution in [0.15, 0.2) is 48.5 Å². The number of carbonyl (C=O) groups is 3. The van der Waals surface area contributed by atoms with Crippen molar-refractivity contribution in [3.63, 3.8) is 0 Å². The lowest BCUT2D eigenvalue weighted by atomic mass is 9.87. The molecule has 0 saturated heterocycles. The molecule has 1 N–H and O–H groups in total. The van der Waals surface area contributed by atoms with Gasteiger partial charge in [0, 0.05) is 0 Å². The number of imide groups is 1. The lowest BCUT2D eigenvalue weighted by Gasteiger charge is -2.18. The topological polar surface area (TPSA) is 81.7 Å². The second kappa shape index (κ2) is 8.49. The predicted octanol–water partition coefficient (Wildman–Crippen LogP) is 3.11. The Hall–Kier alpha value is -3.15. The zero-order valence-corrected chi connectivity index (χ0v) is 15.9. The molecule has 0 radical (unpaired) electrons. The average Bonchev–Trinajstić information content (AvgIpc) is 2.65. The van der Waals surface area contributed by atoms with Gasteiger partial charge in [-0.15, -0.1) is 0 Å². The van der Waals surface area contributed by atoms with E-state index in [2.05, 4.69) is 26.1 Å². The third kappa shape index (κ3) is 5.41. The molecule has 2 rings (SSSR count). The number of esters is 1. The van der Waals surface area contributed by atoms with E-state index >= 15 is 0 Å². The quantitative estimate of drug-likeness (QED) is 0.819. The van der Waals surface area contributed by atoms with Gasteiger partial charge in [0.2, 0.25) is 0 Å². The minimum absolute atomic E-state index is 0.0266. The van der Waals surface area contributed by atoms with Crippen LogP contribution in [0.4, 0.5) is 0 Å². The summed E-state index contributed by atoms with van der Waals surface area (Å²) in [6.07, 6.45) is 0. The molecule has 0 saturated carbocycles. The number of ether oxygens (including phenoxy) is 2. The molecular weight excluding hydrogens is 346 g/mol. The molecular formula is C21H23NO5. The molecule has 142 valence electrons. The Balaban J connectivity index is 1.91. The number of benzene rings is 2. The van der Waals surface area contributed by atoms with Crippen LogP contribution in [0, 0.1) is 0 Å². The number of methoxy groups -OCH3 is 1. The summed E-state index contributed by atoms with van der Waals surface area (Å²) in [5.74, 6) is -1.62. The SMILES string of the molecule is COc1ccccc1C(=O)NC(=O)COC(=O)c1ccc(C(C)(C)C)cc1. The molecule has 2 aromatic rings. The van der Waals surface area contributed by atoms with Gasteiger partial charge in [-0.05, 0) is 35.2 Å². The molecule has 0 aliphatic rings. The zero-order valence-electron chi connectivity index (χ0n) is 15.9. The van der Waals surface area contributed by atoms with Crippen LogP contribution in [0.5, 0.6) is 5.75 Å². The van der Waals surface area contributed by atoms with E-state index < -0.39 is 24.4 Å². The van der Waals surface area contributed by atoms with Crippen LogP contribution in [0.25, 0.3) is 0 Å². The van der Waals surface area contributed by atoms with E-state index in [-0.39, 0.29) is 11.0 Å². The Morgan fingerprint density at radius 1 is 0.963 bits per heavy atom. The van der Waals surface area contributed by atoms with Crippen LogP contribution in [-0.2, 0) is 14.9 Å². The standard InChI is InChI=1S/C21H23NO5/c1-21(2,3)15-11-9-14(10-12-15)20(25)27-13-18(23)22-19(24)16-7-5-6-8-17(16)26-4/h5-12H,13H2,1-4H3,(H,22,23,24). The molecule has 0 spiro atoms. The van der Waals surface area contributed by atoms with Crippen molar-refractivity contribution in [3.8, 4) is 5.75 Å². The lowest BCUT2D eigenvalue weighted by Crippen LogP contribution is -2.34. The molecule has 0 heterocycles. The van der Waals surface area contributed by atoms with Gasteiger partial charge in [-0.2, -0.15) is 0 Å². The number of hydrogen-bond acceptors (Lipinski definition) is 5. The van der Waals surface area contributed by atoms with Gasteiger partial charge in [0.15, 0.2) is 6.61 Å². The summed E-state index contributed by atoms with van der Waals surface area (Å²) in [6.45, 7) is 5.66. The molecule has 2 amide bonds. The summed E-state index contributed by atoms with van der Waals surface area (Å²) >= 11 is 0. The molecule has 0 aliphatic carbocycles. The van der Waals surface area contributed by atoms with Gasteiger partial charge in [-0.3, -0.25) is 14.9 Å². The highest BCUT2D eigenvalue weighted by Gasteiger charge is 2.17. The number of para-hydroxylation sites is 1. The van der Waals surface area contributed by atoms with Crippen molar-refractivity contribution in [2.24, 2.45) is 0 Å². The molecule has 2 aromatic carbocycles. The highest BCUT2D eigenvalue weighted by atomic mass is 16.5. The van der Waals surface area contributed by atoms with Crippen molar-refractivity contribution in [2.75, 3.05) is 13.7 Å². The summed E-state index contributed by atoms with van der Waals surface area (Å²) in [7, 11) is 1.43. The summed E-state index contributed by atoms with van der Waals surface area (Å²) < 4.78 is 10.1.